The summed E-state index contributed by atoms with van der Waals surface area (Å²) in [5, 5.41) is 0. The fourth-order valence-corrected chi connectivity index (χ4v) is 2.80. The fourth-order valence-electron chi connectivity index (χ4n) is 2.80. The molecule has 0 saturated carbocycles. The lowest BCUT2D eigenvalue weighted by atomic mass is 9.97. The van der Waals surface area contributed by atoms with E-state index in [2.05, 4.69) is 95.5 Å². The Bertz CT molecular complexity index is 934. The van der Waals surface area contributed by atoms with E-state index in [9.17, 15) is 0 Å². The van der Waals surface area contributed by atoms with E-state index < -0.39 is 0 Å². The van der Waals surface area contributed by atoms with Crippen molar-refractivity contribution in [1.82, 2.24) is 0 Å². The molecule has 0 saturated heterocycles. The lowest BCUT2D eigenvalue weighted by Crippen LogP contribution is -2.09. The highest BCUT2D eigenvalue weighted by atomic mass is 15.1. The molecule has 1 aliphatic rings. The molecular weight excluding hydrogens is 352 g/mol. The molecule has 0 bridgehead atoms. The summed E-state index contributed by atoms with van der Waals surface area (Å²) in [7, 11) is 8.18. The van der Waals surface area contributed by atoms with Gasteiger partial charge in [-0.05, 0) is 46.6 Å². The lowest BCUT2D eigenvalue weighted by molar-refractivity contribution is -0.462. The second-order valence-electron chi connectivity index (χ2n) is 7.18. The molecule has 29 heavy (non-hydrogen) atoms. The minimum atomic E-state index is 0.947. The summed E-state index contributed by atoms with van der Waals surface area (Å²) < 4.78 is 2.10. The van der Waals surface area contributed by atoms with Crippen molar-refractivity contribution in [3.8, 4) is 0 Å². The van der Waals surface area contributed by atoms with Crippen LogP contribution in [0, 0.1) is 0 Å². The van der Waals surface area contributed by atoms with E-state index in [0.717, 1.165) is 16.7 Å². The number of benzene rings is 1. The molecule has 1 aromatic carbocycles. The van der Waals surface area contributed by atoms with Crippen molar-refractivity contribution in [3.63, 3.8) is 0 Å². The van der Waals surface area contributed by atoms with Crippen molar-refractivity contribution in [2.24, 2.45) is 0 Å². The van der Waals surface area contributed by atoms with Crippen LogP contribution in [-0.4, -0.2) is 38.5 Å². The van der Waals surface area contributed by atoms with Gasteiger partial charge in [-0.3, -0.25) is 0 Å². The Kier molecular flexibility index (Phi) is 8.17. The van der Waals surface area contributed by atoms with Gasteiger partial charge in [-0.15, -0.1) is 0 Å². The van der Waals surface area contributed by atoms with Crippen LogP contribution in [0.2, 0.25) is 0 Å². The first-order valence-corrected chi connectivity index (χ1v) is 9.67. The first-order chi connectivity index (χ1) is 13.9. The summed E-state index contributed by atoms with van der Waals surface area (Å²) in [6, 6.07) is 8.50. The van der Waals surface area contributed by atoms with Crippen LogP contribution in [0.15, 0.2) is 115 Å². The molecule has 1 aliphatic carbocycles. The topological polar surface area (TPSA) is 6.25 Å². The molecule has 148 valence electrons. The maximum atomic E-state index is 4.23. The van der Waals surface area contributed by atoms with Gasteiger partial charge in [-0.25, -0.2) is 4.58 Å². The van der Waals surface area contributed by atoms with Gasteiger partial charge < -0.3 is 4.90 Å². The summed E-state index contributed by atoms with van der Waals surface area (Å²) in [5.41, 5.74) is 6.70. The molecule has 0 aromatic heterocycles. The van der Waals surface area contributed by atoms with Crippen molar-refractivity contribution in [2.75, 3.05) is 33.1 Å². The summed E-state index contributed by atoms with van der Waals surface area (Å²) in [6.45, 7) is 7.97. The zero-order chi connectivity index (χ0) is 21.2. The minimum Gasteiger partial charge on any atom is -0.378 e. The van der Waals surface area contributed by atoms with Gasteiger partial charge in [0, 0.05) is 31.9 Å². The number of hydrogen-bond donors (Lipinski definition) is 0. The maximum Gasteiger partial charge on any atom is 0.199 e. The second kappa shape index (κ2) is 10.8. The van der Waals surface area contributed by atoms with Gasteiger partial charge in [0.05, 0.1) is 0 Å². The van der Waals surface area contributed by atoms with Gasteiger partial charge in [0.25, 0.3) is 0 Å². The molecule has 0 atom stereocenters. The summed E-state index contributed by atoms with van der Waals surface area (Å²) in [4.78, 5) is 2.09. The average Bonchev–Trinajstić information content (AvgIpc) is 2.72. The molecule has 2 nitrogen and oxygen atoms in total. The Labute approximate surface area is 175 Å². The first-order valence-electron chi connectivity index (χ1n) is 9.67. The average molecular weight is 384 g/mol. The van der Waals surface area contributed by atoms with Crippen LogP contribution >= 0.6 is 0 Å². The van der Waals surface area contributed by atoms with Crippen LogP contribution in [0.3, 0.4) is 0 Å². The van der Waals surface area contributed by atoms with E-state index in [1.54, 1.807) is 6.08 Å². The van der Waals surface area contributed by atoms with E-state index in [-0.39, 0.29) is 0 Å². The quantitative estimate of drug-likeness (QED) is 0.429. The van der Waals surface area contributed by atoms with Crippen LogP contribution in [0.1, 0.15) is 5.56 Å². The third-order valence-corrected chi connectivity index (χ3v) is 4.55. The van der Waals surface area contributed by atoms with Crippen molar-refractivity contribution < 1.29 is 4.58 Å². The summed E-state index contributed by atoms with van der Waals surface area (Å²) in [6.07, 6.45) is 22.5. The number of nitrogens with zero attached hydrogens (tertiary/aromatic N) is 2. The summed E-state index contributed by atoms with van der Waals surface area (Å²) >= 11 is 0. The van der Waals surface area contributed by atoms with E-state index >= 15 is 0 Å². The van der Waals surface area contributed by atoms with E-state index in [0.29, 0.717) is 0 Å². The highest BCUT2D eigenvalue weighted by Gasteiger charge is 2.05. The maximum absolute atomic E-state index is 4.23. The number of allylic oxidation sites excluding steroid dienone is 14. The van der Waals surface area contributed by atoms with Crippen molar-refractivity contribution in [1.29, 1.82) is 0 Å². The third-order valence-electron chi connectivity index (χ3n) is 4.55. The van der Waals surface area contributed by atoms with Crippen LogP contribution in [0.5, 0.6) is 0 Å². The standard InChI is InChI=1S/C27H31N2/c1-7-8-11-22(2)27(24-16-20-26(21-17-24)29(5)6)13-10-9-12-23-14-18-25(19-15-23)28(3)4/h7-21H,1-2H2,3-6H3/q+1/b11-8-. The number of hydrogen-bond acceptors (Lipinski definition) is 1. The predicted molar refractivity (Wildman–Crippen MR) is 130 cm³/mol. The Hall–Kier alpha value is -3.39. The molecule has 1 aromatic rings. The molecule has 0 unspecified atom stereocenters. The Morgan fingerprint density at radius 3 is 2.14 bits per heavy atom. The first kappa shape index (κ1) is 21.9. The van der Waals surface area contributed by atoms with Crippen LogP contribution in [-0.2, 0) is 0 Å². The number of anilines is 1. The molecule has 0 radical (unpaired) electrons. The minimum absolute atomic E-state index is 0.947. The smallest absolute Gasteiger partial charge is 0.199 e. The highest BCUT2D eigenvalue weighted by Crippen LogP contribution is 2.25. The molecular formula is C27H31N2+. The van der Waals surface area contributed by atoms with E-state index in [4.69, 9.17) is 0 Å². The zero-order valence-electron chi connectivity index (χ0n) is 18.0. The summed E-state index contributed by atoms with van der Waals surface area (Å²) in [5.74, 6) is 0. The predicted octanol–water partition coefficient (Wildman–Crippen LogP) is 5.76. The van der Waals surface area contributed by atoms with Crippen LogP contribution in [0.25, 0.3) is 5.57 Å². The second-order valence-corrected chi connectivity index (χ2v) is 7.18. The van der Waals surface area contributed by atoms with Crippen molar-refractivity contribution >= 4 is 17.0 Å². The van der Waals surface area contributed by atoms with Crippen LogP contribution < -0.4 is 4.90 Å². The third kappa shape index (κ3) is 6.62. The van der Waals surface area contributed by atoms with E-state index in [1.165, 1.54) is 17.0 Å². The molecule has 2 rings (SSSR count). The molecule has 0 amide bonds. The SMILES string of the molecule is C=C/C=C\C(=C)/C(=C\C=C\C=C1C=CC(=[N+](C)C)C=C1)c1ccc(N(C)C)cc1. The monoisotopic (exact) mass is 383 g/mol. The van der Waals surface area contributed by atoms with Gasteiger partial charge in [-0.2, -0.15) is 0 Å². The van der Waals surface area contributed by atoms with Crippen LogP contribution in [0.4, 0.5) is 5.69 Å². The van der Waals surface area contributed by atoms with E-state index in [1.807, 2.05) is 40.3 Å². The molecule has 0 N–H and O–H groups in total. The number of rotatable bonds is 7. The lowest BCUT2D eigenvalue weighted by Gasteiger charge is -2.14. The Morgan fingerprint density at radius 2 is 1.59 bits per heavy atom. The van der Waals surface area contributed by atoms with Gasteiger partial charge >= 0.3 is 0 Å². The highest BCUT2D eigenvalue weighted by molar-refractivity contribution is 6.02. The molecule has 0 aliphatic heterocycles. The molecule has 0 fully saturated rings. The van der Waals surface area contributed by atoms with Gasteiger partial charge in [0.1, 0.15) is 14.1 Å². The van der Waals surface area contributed by atoms with Gasteiger partial charge in [0.15, 0.2) is 5.71 Å². The largest absolute Gasteiger partial charge is 0.378 e. The van der Waals surface area contributed by atoms with Gasteiger partial charge in [-0.1, -0.05) is 67.8 Å². The Morgan fingerprint density at radius 1 is 0.931 bits per heavy atom. The zero-order valence-corrected chi connectivity index (χ0v) is 18.0. The molecule has 0 heterocycles. The fraction of sp³-hybridized carbons (Fsp3) is 0.148. The Balaban J connectivity index is 2.26. The molecule has 2 heteroatoms. The normalized spacial score (nSPS) is 14.0. The van der Waals surface area contributed by atoms with Gasteiger partial charge in [0.2, 0.25) is 0 Å². The van der Waals surface area contributed by atoms with Crippen molar-refractivity contribution in [2.45, 2.75) is 0 Å². The molecule has 0 spiro atoms. The van der Waals surface area contributed by atoms with Crippen molar-refractivity contribution in [3.05, 3.63) is 121 Å².